The van der Waals surface area contributed by atoms with Crippen LogP contribution in [0, 0.1) is 0 Å². The Morgan fingerprint density at radius 1 is 0.875 bits per heavy atom. The van der Waals surface area contributed by atoms with Gasteiger partial charge in [-0.1, -0.05) is 42.5 Å². The summed E-state index contributed by atoms with van der Waals surface area (Å²) in [6, 6.07) is 15.7. The van der Waals surface area contributed by atoms with Crippen LogP contribution in [-0.2, 0) is 0 Å². The van der Waals surface area contributed by atoms with Gasteiger partial charge in [-0.2, -0.15) is 0 Å². The van der Waals surface area contributed by atoms with Gasteiger partial charge in [0.05, 0.1) is 5.69 Å². The largest absolute Gasteiger partial charge is 0.505 e. The molecule has 0 radical (unpaired) electrons. The average molecular weight is 213 g/mol. The van der Waals surface area contributed by atoms with Gasteiger partial charge in [0.15, 0.2) is 0 Å². The SMILES string of the molecule is CN(C)c1cccc(-c2ccccc2)c1O. The molecule has 16 heavy (non-hydrogen) atoms. The zero-order chi connectivity index (χ0) is 11.5. The number of hydrogen-bond donors (Lipinski definition) is 1. The van der Waals surface area contributed by atoms with E-state index in [4.69, 9.17) is 0 Å². The topological polar surface area (TPSA) is 23.5 Å². The van der Waals surface area contributed by atoms with Crippen LogP contribution in [0.15, 0.2) is 48.5 Å². The van der Waals surface area contributed by atoms with E-state index in [0.717, 1.165) is 16.8 Å². The summed E-state index contributed by atoms with van der Waals surface area (Å²) in [5, 5.41) is 10.2. The van der Waals surface area contributed by atoms with Crippen LogP contribution < -0.4 is 4.90 Å². The van der Waals surface area contributed by atoms with Crippen molar-refractivity contribution in [3.8, 4) is 16.9 Å². The van der Waals surface area contributed by atoms with Crippen molar-refractivity contribution in [2.75, 3.05) is 19.0 Å². The number of rotatable bonds is 2. The van der Waals surface area contributed by atoms with Crippen LogP contribution in [-0.4, -0.2) is 19.2 Å². The lowest BCUT2D eigenvalue weighted by molar-refractivity contribution is 0.477. The summed E-state index contributed by atoms with van der Waals surface area (Å²) in [6.45, 7) is 0. The zero-order valence-electron chi connectivity index (χ0n) is 9.51. The van der Waals surface area contributed by atoms with E-state index in [0.29, 0.717) is 5.75 Å². The standard InChI is InChI=1S/C14H15NO/c1-15(2)13-10-6-9-12(14(13)16)11-7-4-3-5-8-11/h3-10,16H,1-2H3. The molecule has 2 nitrogen and oxygen atoms in total. The molecular weight excluding hydrogens is 198 g/mol. The van der Waals surface area contributed by atoms with Crippen LogP contribution in [0.2, 0.25) is 0 Å². The molecule has 0 aliphatic carbocycles. The third kappa shape index (κ3) is 1.87. The van der Waals surface area contributed by atoms with Gasteiger partial charge in [0, 0.05) is 19.7 Å². The maximum Gasteiger partial charge on any atom is 0.146 e. The molecule has 2 heteroatoms. The Balaban J connectivity index is 2.55. The molecule has 0 saturated heterocycles. The van der Waals surface area contributed by atoms with Gasteiger partial charge in [-0.3, -0.25) is 0 Å². The predicted molar refractivity (Wildman–Crippen MR) is 67.9 cm³/mol. The first-order valence-electron chi connectivity index (χ1n) is 5.25. The highest BCUT2D eigenvalue weighted by molar-refractivity contribution is 5.77. The summed E-state index contributed by atoms with van der Waals surface area (Å²) in [7, 11) is 3.84. The summed E-state index contributed by atoms with van der Waals surface area (Å²) < 4.78 is 0. The fourth-order valence-corrected chi connectivity index (χ4v) is 1.74. The predicted octanol–water partition coefficient (Wildman–Crippen LogP) is 3.13. The lowest BCUT2D eigenvalue weighted by Crippen LogP contribution is -2.08. The van der Waals surface area contributed by atoms with Crippen LogP contribution in [0.5, 0.6) is 5.75 Å². The molecular formula is C14H15NO. The minimum atomic E-state index is 0.332. The summed E-state index contributed by atoms with van der Waals surface area (Å²) in [5.74, 6) is 0.332. The van der Waals surface area contributed by atoms with Gasteiger partial charge in [0.2, 0.25) is 0 Å². The van der Waals surface area contributed by atoms with E-state index < -0.39 is 0 Å². The Kier molecular flexibility index (Phi) is 2.82. The van der Waals surface area contributed by atoms with Gasteiger partial charge in [-0.15, -0.1) is 0 Å². The maximum absolute atomic E-state index is 10.2. The van der Waals surface area contributed by atoms with Crippen molar-refractivity contribution in [1.29, 1.82) is 0 Å². The van der Waals surface area contributed by atoms with Crippen LogP contribution in [0.1, 0.15) is 0 Å². The summed E-state index contributed by atoms with van der Waals surface area (Å²) in [5.41, 5.74) is 2.73. The Hall–Kier alpha value is -1.96. The molecule has 2 aromatic carbocycles. The first kappa shape index (κ1) is 10.6. The van der Waals surface area contributed by atoms with E-state index in [1.54, 1.807) is 0 Å². The number of phenolic OH excluding ortho intramolecular Hbond substituents is 1. The molecule has 0 spiro atoms. The smallest absolute Gasteiger partial charge is 0.146 e. The van der Waals surface area contributed by atoms with Crippen LogP contribution in [0.4, 0.5) is 5.69 Å². The highest BCUT2D eigenvalue weighted by atomic mass is 16.3. The van der Waals surface area contributed by atoms with E-state index in [9.17, 15) is 5.11 Å². The fraction of sp³-hybridized carbons (Fsp3) is 0.143. The van der Waals surface area contributed by atoms with Gasteiger partial charge in [0.25, 0.3) is 0 Å². The number of para-hydroxylation sites is 1. The number of hydrogen-bond acceptors (Lipinski definition) is 2. The third-order valence-corrected chi connectivity index (χ3v) is 2.58. The number of anilines is 1. The Bertz CT molecular complexity index is 477. The third-order valence-electron chi connectivity index (χ3n) is 2.58. The Labute approximate surface area is 95.8 Å². The quantitative estimate of drug-likeness (QED) is 0.828. The first-order chi connectivity index (χ1) is 7.70. The Morgan fingerprint density at radius 3 is 2.19 bits per heavy atom. The second kappa shape index (κ2) is 4.27. The van der Waals surface area contributed by atoms with E-state index in [-0.39, 0.29) is 0 Å². The van der Waals surface area contributed by atoms with Gasteiger partial charge >= 0.3 is 0 Å². The molecule has 2 rings (SSSR count). The molecule has 0 unspecified atom stereocenters. The molecule has 0 atom stereocenters. The number of nitrogens with zero attached hydrogens (tertiary/aromatic N) is 1. The van der Waals surface area contributed by atoms with Crippen molar-refractivity contribution in [3.63, 3.8) is 0 Å². The van der Waals surface area contributed by atoms with Gasteiger partial charge < -0.3 is 10.0 Å². The maximum atomic E-state index is 10.2. The van der Waals surface area contributed by atoms with Gasteiger partial charge in [-0.05, 0) is 11.6 Å². The molecule has 1 N–H and O–H groups in total. The summed E-state index contributed by atoms with van der Waals surface area (Å²) in [6.07, 6.45) is 0. The molecule has 0 amide bonds. The minimum absolute atomic E-state index is 0.332. The van der Waals surface area contributed by atoms with Gasteiger partial charge in [0.1, 0.15) is 5.75 Å². The molecule has 0 aliphatic rings. The first-order valence-corrected chi connectivity index (χ1v) is 5.25. The molecule has 0 fully saturated rings. The monoisotopic (exact) mass is 213 g/mol. The molecule has 82 valence electrons. The van der Waals surface area contributed by atoms with Crippen LogP contribution >= 0.6 is 0 Å². The normalized spacial score (nSPS) is 10.1. The molecule has 2 aromatic rings. The second-order valence-electron chi connectivity index (χ2n) is 3.93. The molecule has 0 saturated carbocycles. The highest BCUT2D eigenvalue weighted by Crippen LogP contribution is 2.36. The molecule has 0 aliphatic heterocycles. The molecule has 0 bridgehead atoms. The van der Waals surface area contributed by atoms with Crippen LogP contribution in [0.3, 0.4) is 0 Å². The number of aromatic hydroxyl groups is 1. The fourth-order valence-electron chi connectivity index (χ4n) is 1.74. The number of phenols is 1. The van der Waals surface area contributed by atoms with Crippen molar-refractivity contribution >= 4 is 5.69 Å². The van der Waals surface area contributed by atoms with E-state index in [1.807, 2.05) is 67.5 Å². The molecule has 0 aromatic heterocycles. The second-order valence-corrected chi connectivity index (χ2v) is 3.93. The van der Waals surface area contributed by atoms with Crippen molar-refractivity contribution < 1.29 is 5.11 Å². The van der Waals surface area contributed by atoms with Crippen LogP contribution in [0.25, 0.3) is 11.1 Å². The molecule has 0 heterocycles. The lowest BCUT2D eigenvalue weighted by atomic mass is 10.0. The number of benzene rings is 2. The minimum Gasteiger partial charge on any atom is -0.505 e. The zero-order valence-corrected chi connectivity index (χ0v) is 9.51. The van der Waals surface area contributed by atoms with Gasteiger partial charge in [-0.25, -0.2) is 0 Å². The summed E-state index contributed by atoms with van der Waals surface area (Å²) in [4.78, 5) is 1.90. The highest BCUT2D eigenvalue weighted by Gasteiger charge is 2.09. The van der Waals surface area contributed by atoms with E-state index in [2.05, 4.69) is 0 Å². The summed E-state index contributed by atoms with van der Waals surface area (Å²) >= 11 is 0. The van der Waals surface area contributed by atoms with E-state index >= 15 is 0 Å². The van der Waals surface area contributed by atoms with Crippen molar-refractivity contribution in [1.82, 2.24) is 0 Å². The lowest BCUT2D eigenvalue weighted by Gasteiger charge is -2.16. The van der Waals surface area contributed by atoms with Crippen molar-refractivity contribution in [2.24, 2.45) is 0 Å². The van der Waals surface area contributed by atoms with Crippen molar-refractivity contribution in [2.45, 2.75) is 0 Å². The Morgan fingerprint density at radius 2 is 1.56 bits per heavy atom. The van der Waals surface area contributed by atoms with E-state index in [1.165, 1.54) is 0 Å². The van der Waals surface area contributed by atoms with Crippen molar-refractivity contribution in [3.05, 3.63) is 48.5 Å². The average Bonchev–Trinajstić information content (AvgIpc) is 2.30.